The van der Waals surface area contributed by atoms with E-state index in [0.717, 1.165) is 174 Å². The van der Waals surface area contributed by atoms with Crippen molar-refractivity contribution in [2.75, 3.05) is 102 Å². The summed E-state index contributed by atoms with van der Waals surface area (Å²) in [6.45, 7) is 61.3. The summed E-state index contributed by atoms with van der Waals surface area (Å²) in [7, 11) is 11.6. The van der Waals surface area contributed by atoms with E-state index in [4.69, 9.17) is 33.2 Å². The van der Waals surface area contributed by atoms with E-state index < -0.39 is 0 Å². The first-order chi connectivity index (χ1) is 49.4. The minimum Gasteiger partial charge on any atom is -0.554 e. The zero-order chi connectivity index (χ0) is 78.5. The first-order valence-corrected chi connectivity index (χ1v) is 37.4. The van der Waals surface area contributed by atoms with Crippen molar-refractivity contribution in [3.8, 4) is 0 Å². The maximum atomic E-state index is 12.2. The van der Waals surface area contributed by atoms with Gasteiger partial charge in [-0.3, -0.25) is 33.6 Å². The van der Waals surface area contributed by atoms with Crippen molar-refractivity contribution in [3.63, 3.8) is 0 Å². The molecule has 0 N–H and O–H groups in total. The summed E-state index contributed by atoms with van der Waals surface area (Å²) in [5.74, 6) is 3.03. The molecule has 28 heteroatoms. The fourth-order valence-corrected chi connectivity index (χ4v) is 15.5. The van der Waals surface area contributed by atoms with E-state index in [2.05, 4.69) is 101 Å². The molecule has 0 aromatic rings. The van der Waals surface area contributed by atoms with E-state index in [1.165, 1.54) is 55.4 Å². The van der Waals surface area contributed by atoms with Gasteiger partial charge in [-0.25, -0.2) is 46.2 Å². The number of hydrogen-bond acceptors (Lipinski definition) is 14. The number of methoxy groups -OCH3 is 7. The molecule has 7 rings (SSSR count). The van der Waals surface area contributed by atoms with Crippen LogP contribution in [-0.4, -0.2) is 212 Å². The summed E-state index contributed by atoms with van der Waals surface area (Å²) in [5, 5.41) is 0. The number of likely N-dealkylation sites (tertiary alicyclic amines) is 7. The minimum atomic E-state index is -0.179. The van der Waals surface area contributed by atoms with Crippen LogP contribution in [0, 0.1) is 75.8 Å². The van der Waals surface area contributed by atoms with Gasteiger partial charge in [0.2, 0.25) is 41.4 Å². The van der Waals surface area contributed by atoms with Gasteiger partial charge in [-0.1, -0.05) is 57.9 Å². The molecular weight excluding hydrogens is 1940 g/mol. The van der Waals surface area contributed by atoms with Gasteiger partial charge in [0.15, 0.2) is 0 Å². The second-order valence-corrected chi connectivity index (χ2v) is 29.9. The predicted octanol–water partition coefficient (Wildman–Crippen LogP) is 13.9. The van der Waals surface area contributed by atoms with Crippen LogP contribution < -0.4 is 0 Å². The van der Waals surface area contributed by atoms with Crippen LogP contribution in [0.3, 0.4) is 0 Å². The van der Waals surface area contributed by atoms with Crippen molar-refractivity contribution in [1.82, 2.24) is 34.3 Å². The number of ether oxygens (including phenoxy) is 7. The molecule has 5 atom stereocenters. The molecule has 0 aliphatic carbocycles. The number of carbonyl (C=O) groups excluding carboxylic acids is 7. The Morgan fingerprint density at radius 1 is 0.324 bits per heavy atom. The Labute approximate surface area is 850 Å². The van der Waals surface area contributed by atoms with Crippen molar-refractivity contribution in [2.45, 2.75) is 224 Å². The number of carbonyl (C=O) groups is 7. The quantitative estimate of drug-likeness (QED) is 0.0528. The van der Waals surface area contributed by atoms with Crippen LogP contribution in [0.4, 0.5) is 0 Å². The van der Waals surface area contributed by atoms with Crippen LogP contribution >= 0.6 is 0 Å². The molecule has 617 valence electrons. The van der Waals surface area contributed by atoms with Gasteiger partial charge in [0, 0.05) is 316 Å². The maximum Gasteiger partial charge on any atom is 0.246 e. The smallest absolute Gasteiger partial charge is 0.246 e. The minimum absolute atomic E-state index is 0. The van der Waals surface area contributed by atoms with Gasteiger partial charge in [-0.2, -0.15) is 32.1 Å². The number of hydrogen-bond donors (Lipinski definition) is 0. The third kappa shape index (κ3) is 48.0. The van der Waals surface area contributed by atoms with Crippen molar-refractivity contribution < 1.29 is 296 Å². The molecule has 0 aromatic carbocycles. The molecule has 7 aliphatic heterocycles. The van der Waals surface area contributed by atoms with Crippen LogP contribution in [-0.2, 0) is 296 Å². The van der Waals surface area contributed by atoms with E-state index in [-0.39, 0.29) is 292 Å². The largest absolute Gasteiger partial charge is 0.554 e. The van der Waals surface area contributed by atoms with Crippen molar-refractivity contribution >= 4 is 41.4 Å². The average molecular weight is 2080 g/mol. The fourth-order valence-electron chi connectivity index (χ4n) is 15.5. The Morgan fingerprint density at radius 3 is 1.05 bits per heavy atom. The van der Waals surface area contributed by atoms with Crippen LogP contribution in [0.1, 0.15) is 190 Å². The molecule has 7 radical (unpaired) electrons. The third-order valence-electron chi connectivity index (χ3n) is 20.7. The number of amides is 7. The first kappa shape index (κ1) is 126. The topological polar surface area (TPSA) is 207 Å². The van der Waals surface area contributed by atoms with Crippen LogP contribution in [0.15, 0.2) is 88.6 Å². The van der Waals surface area contributed by atoms with Gasteiger partial charge in [0.1, 0.15) is 0 Å². The Bertz CT molecular complexity index is 2600. The molecule has 5 unspecified atom stereocenters. The standard InChI is InChI=1S/2C15H26NO2.3C11H18NO2.2C10H16NO2.7Y/c1-7-13(17)16-14(2,3)10-8-12(9-11-18-6)15(16,4)5;1-7-13(17)16-14(2,3)10-12(8-9-18-6)11-15(16,4)5;1-3-11(13)12-7-4-10(5-8-12)6-9-14-2;1-3-11(13)12-7-4-5-10(9-12)6-8-14-2;1-3-11(13)12-8-5-4-6-10(12)7-9-14-2;1-3-10(12)11-6-4-9(8-11)5-7-13-2;1-3-10(12)11-7-4-5-9(11)6-8-13-2;;;;;;;/h7,11-12H,1,8-10H2,2-6H3;7,9,12H,1,8,10-11H2,2-6H3;3,9-10H,1,4-8H2,2H3;3,8,10H,1,4-7,9H2,2H3;3,9-10H,1,4-8H2,2H3;3,7,9H,1,4-6,8H2,2H3;3,8-9H,1,4-7H2,2H3;;;;;;;/q7*-1;;;;;;;. The zero-order valence-electron chi connectivity index (χ0n) is 71.0. The van der Waals surface area contributed by atoms with E-state index in [1.54, 1.807) is 69.6 Å². The van der Waals surface area contributed by atoms with Crippen LogP contribution in [0.5, 0.6) is 0 Å². The second kappa shape index (κ2) is 71.3. The monoisotopic (exact) mass is 2080 g/mol. The number of rotatable bonds is 28. The molecule has 0 saturated carbocycles. The zero-order valence-corrected chi connectivity index (χ0v) is 90.8. The van der Waals surface area contributed by atoms with Crippen molar-refractivity contribution in [1.29, 1.82) is 0 Å². The van der Waals surface area contributed by atoms with E-state index in [0.29, 0.717) is 41.7 Å². The molecule has 7 fully saturated rings. The Hall–Kier alpha value is 1.92. The van der Waals surface area contributed by atoms with E-state index in [1.807, 2.05) is 60.7 Å². The molecular formula is C83H138N7O14Y7-7. The Morgan fingerprint density at radius 2 is 0.640 bits per heavy atom. The molecule has 111 heavy (non-hydrogen) atoms. The first-order valence-electron chi connectivity index (χ1n) is 37.4. The summed E-state index contributed by atoms with van der Waals surface area (Å²) < 4.78 is 34.6. The molecule has 7 heterocycles. The van der Waals surface area contributed by atoms with E-state index in [9.17, 15) is 33.6 Å². The Balaban J connectivity index is -0.000000226. The van der Waals surface area contributed by atoms with E-state index >= 15 is 0 Å². The summed E-state index contributed by atoms with van der Waals surface area (Å²) in [6.07, 6.45) is 31.2. The van der Waals surface area contributed by atoms with Crippen molar-refractivity contribution in [2.24, 2.45) is 29.6 Å². The Kier molecular flexibility index (Phi) is 81.0. The van der Waals surface area contributed by atoms with Gasteiger partial charge in [0.25, 0.3) is 0 Å². The predicted molar refractivity (Wildman–Crippen MR) is 416 cm³/mol. The second-order valence-electron chi connectivity index (χ2n) is 29.9. The molecule has 0 bridgehead atoms. The molecule has 0 aromatic heterocycles. The van der Waals surface area contributed by atoms with Crippen molar-refractivity contribution in [3.05, 3.63) is 135 Å². The van der Waals surface area contributed by atoms with Gasteiger partial charge in [-0.05, 0) is 255 Å². The van der Waals surface area contributed by atoms with Gasteiger partial charge >= 0.3 is 0 Å². The molecule has 0 spiro atoms. The molecule has 7 aliphatic rings. The normalized spacial score (nSPS) is 20.9. The third-order valence-corrected chi connectivity index (χ3v) is 20.7. The SMILES string of the molecule is C=CC(=O)N1C(C)(C)CC(C[CH-]OC)CC1(C)C.C=CC(=O)N1C(C)(C)CCC(C[CH-]OC)C1(C)C.C=CC(=O)N1CCC(C[CH-]OC)C1.C=CC(=O)N1CCC(C[CH-]OC)CC1.C=CC(=O)N1CCCC(C[CH-]OC)C1.C=CC(=O)N1CCCC1C[CH-]OC.C=CC(=O)N1CCCCC1C[CH-]OC.[Y].[Y].[Y].[Y].[Y].[Y].[Y]. The van der Waals surface area contributed by atoms with Gasteiger partial charge in [0.05, 0.1) is 0 Å². The van der Waals surface area contributed by atoms with Crippen LogP contribution in [0.25, 0.3) is 0 Å². The van der Waals surface area contributed by atoms with Crippen LogP contribution in [0.2, 0.25) is 0 Å². The molecule has 7 saturated heterocycles. The molecule has 7 amide bonds. The fraction of sp³-hybridized carbons (Fsp3) is 0.663. The van der Waals surface area contributed by atoms with Gasteiger partial charge in [-0.15, -0.1) is 12.8 Å². The summed E-state index contributed by atoms with van der Waals surface area (Å²) in [4.78, 5) is 94.2. The summed E-state index contributed by atoms with van der Waals surface area (Å²) in [5.41, 5.74) is -0.570. The number of nitrogens with zero attached hydrogens (tertiary/aromatic N) is 7. The molecule has 21 nitrogen and oxygen atoms in total. The maximum absolute atomic E-state index is 12.2. The average Bonchev–Trinajstić information content (AvgIpc) is 1.66. The number of piperidine rings is 5. The summed E-state index contributed by atoms with van der Waals surface area (Å²) in [6, 6.07) is 0.611. The summed E-state index contributed by atoms with van der Waals surface area (Å²) >= 11 is 0. The van der Waals surface area contributed by atoms with Gasteiger partial charge < -0.3 is 67.5 Å².